The van der Waals surface area contributed by atoms with E-state index in [4.69, 9.17) is 4.74 Å². The molecule has 2 heterocycles. The lowest BCUT2D eigenvalue weighted by molar-refractivity contribution is -0.116. The lowest BCUT2D eigenvalue weighted by Crippen LogP contribution is -2.25. The highest BCUT2D eigenvalue weighted by Crippen LogP contribution is 2.38. The van der Waals surface area contributed by atoms with Crippen molar-refractivity contribution in [1.82, 2.24) is 14.8 Å². The molecule has 138 valence electrons. The normalized spacial score (nSPS) is 16.0. The molecule has 3 aromatic rings. The molecule has 0 saturated heterocycles. The smallest absolute Gasteiger partial charge is 0.225 e. The average Bonchev–Trinajstić information content (AvgIpc) is 3.02. The predicted octanol–water partition coefficient (Wildman–Crippen LogP) is 3.26. The first-order valence-electron chi connectivity index (χ1n) is 8.67. The second kappa shape index (κ2) is 6.83. The van der Waals surface area contributed by atoms with E-state index in [0.717, 1.165) is 22.6 Å². The number of benzene rings is 2. The number of carbonyl (C=O) groups is 1. The Morgan fingerprint density at radius 1 is 1.26 bits per heavy atom. The van der Waals surface area contributed by atoms with Crippen LogP contribution in [-0.2, 0) is 11.3 Å². The molecule has 7 heteroatoms. The summed E-state index contributed by atoms with van der Waals surface area (Å²) in [7, 11) is 1.61. The molecule has 1 amide bonds. The molecule has 1 aromatic heterocycles. The summed E-state index contributed by atoms with van der Waals surface area (Å²) >= 11 is 0. The van der Waals surface area contributed by atoms with E-state index in [1.54, 1.807) is 23.9 Å². The molecule has 0 unspecified atom stereocenters. The van der Waals surface area contributed by atoms with Crippen molar-refractivity contribution < 1.29 is 13.9 Å². The molecule has 1 atom stereocenters. The third-order valence-electron chi connectivity index (χ3n) is 4.66. The number of nitrogens with zero attached hydrogens (tertiary/aromatic N) is 3. The first-order chi connectivity index (χ1) is 13.0. The second-order valence-corrected chi connectivity index (χ2v) is 6.56. The summed E-state index contributed by atoms with van der Waals surface area (Å²) in [5.74, 6) is 1.48. The summed E-state index contributed by atoms with van der Waals surface area (Å²) in [4.78, 5) is 16.8. The highest BCUT2D eigenvalue weighted by molar-refractivity contribution is 5.95. The Labute approximate surface area is 156 Å². The van der Waals surface area contributed by atoms with Gasteiger partial charge in [-0.05, 0) is 48.4 Å². The monoisotopic (exact) mass is 366 g/mol. The topological polar surface area (TPSA) is 69.0 Å². The first-order valence-corrected chi connectivity index (χ1v) is 8.67. The molecule has 0 radical (unpaired) electrons. The number of methoxy groups -OCH3 is 1. The van der Waals surface area contributed by atoms with E-state index in [9.17, 15) is 9.18 Å². The van der Waals surface area contributed by atoms with Crippen LogP contribution in [0.25, 0.3) is 0 Å². The van der Waals surface area contributed by atoms with Gasteiger partial charge in [-0.3, -0.25) is 4.79 Å². The molecule has 1 aliphatic heterocycles. The van der Waals surface area contributed by atoms with E-state index in [0.29, 0.717) is 18.2 Å². The number of amides is 1. The molecular formula is C20H19FN4O2. The van der Waals surface area contributed by atoms with Gasteiger partial charge in [0.1, 0.15) is 23.2 Å². The van der Waals surface area contributed by atoms with Gasteiger partial charge in [-0.25, -0.2) is 14.1 Å². The largest absolute Gasteiger partial charge is 0.497 e. The first kappa shape index (κ1) is 17.2. The minimum atomic E-state index is -0.279. The summed E-state index contributed by atoms with van der Waals surface area (Å²) in [5.41, 5.74) is 2.61. The van der Waals surface area contributed by atoms with Crippen molar-refractivity contribution in [3.05, 3.63) is 71.1 Å². The second-order valence-electron chi connectivity index (χ2n) is 6.56. The maximum atomic E-state index is 13.2. The average molecular weight is 366 g/mol. The van der Waals surface area contributed by atoms with Crippen molar-refractivity contribution >= 4 is 11.6 Å². The lowest BCUT2D eigenvalue weighted by atomic mass is 9.89. The van der Waals surface area contributed by atoms with E-state index >= 15 is 0 Å². The van der Waals surface area contributed by atoms with Crippen LogP contribution in [0, 0.1) is 12.7 Å². The van der Waals surface area contributed by atoms with Crippen LogP contribution in [0.4, 0.5) is 10.1 Å². The molecule has 4 rings (SSSR count). The number of halogens is 1. The summed E-state index contributed by atoms with van der Waals surface area (Å²) < 4.78 is 20.3. The SMILES string of the molecule is COc1ccc2c(c1)[C@H](c1nc(C)nn1Cc1ccc(F)cc1)CC(=O)N2. The molecule has 0 bridgehead atoms. The standard InChI is InChI=1S/C20H19FN4O2/c1-12-22-20(25(24-12)11-13-3-5-14(21)6-4-13)17-10-19(26)23-18-8-7-15(27-2)9-16(17)18/h3-9,17H,10-11H2,1-2H3,(H,23,26)/t17-/m1/s1. The molecule has 0 spiro atoms. The van der Waals surface area contributed by atoms with Gasteiger partial charge >= 0.3 is 0 Å². The number of fused-ring (bicyclic) bond motifs is 1. The summed E-state index contributed by atoms with van der Waals surface area (Å²) in [5, 5.41) is 7.39. The molecule has 0 saturated carbocycles. The Morgan fingerprint density at radius 3 is 2.78 bits per heavy atom. The zero-order valence-electron chi connectivity index (χ0n) is 15.1. The number of ether oxygens (including phenoxy) is 1. The van der Waals surface area contributed by atoms with Gasteiger partial charge in [0.15, 0.2) is 0 Å². The van der Waals surface area contributed by atoms with Crippen LogP contribution in [0.15, 0.2) is 42.5 Å². The van der Waals surface area contributed by atoms with Gasteiger partial charge in [-0.15, -0.1) is 0 Å². The Kier molecular flexibility index (Phi) is 4.35. The van der Waals surface area contributed by atoms with E-state index < -0.39 is 0 Å². The zero-order chi connectivity index (χ0) is 19.0. The highest BCUT2D eigenvalue weighted by Gasteiger charge is 2.31. The molecular weight excluding hydrogens is 347 g/mol. The number of hydrogen-bond donors (Lipinski definition) is 1. The number of rotatable bonds is 4. The Balaban J connectivity index is 1.75. The van der Waals surface area contributed by atoms with Crippen molar-refractivity contribution in [3.63, 3.8) is 0 Å². The van der Waals surface area contributed by atoms with Crippen molar-refractivity contribution in [2.24, 2.45) is 0 Å². The van der Waals surface area contributed by atoms with E-state index in [1.165, 1.54) is 12.1 Å². The number of nitrogens with one attached hydrogen (secondary N) is 1. The zero-order valence-corrected chi connectivity index (χ0v) is 15.1. The van der Waals surface area contributed by atoms with Crippen molar-refractivity contribution in [1.29, 1.82) is 0 Å². The number of carbonyl (C=O) groups excluding carboxylic acids is 1. The number of aromatic nitrogens is 3. The van der Waals surface area contributed by atoms with E-state index in [1.807, 2.05) is 25.1 Å². The Morgan fingerprint density at radius 2 is 2.04 bits per heavy atom. The van der Waals surface area contributed by atoms with Crippen LogP contribution in [0.3, 0.4) is 0 Å². The quantitative estimate of drug-likeness (QED) is 0.770. The highest BCUT2D eigenvalue weighted by atomic mass is 19.1. The van der Waals surface area contributed by atoms with Gasteiger partial charge in [0.2, 0.25) is 5.91 Å². The summed E-state index contributed by atoms with van der Waals surface area (Å²) in [6.07, 6.45) is 0.279. The van der Waals surface area contributed by atoms with Crippen molar-refractivity contribution in [3.8, 4) is 5.75 Å². The van der Waals surface area contributed by atoms with Gasteiger partial charge < -0.3 is 10.1 Å². The van der Waals surface area contributed by atoms with Crippen LogP contribution in [0.2, 0.25) is 0 Å². The molecule has 6 nitrogen and oxygen atoms in total. The number of aryl methyl sites for hydroxylation is 1. The fourth-order valence-corrected chi connectivity index (χ4v) is 3.41. The summed E-state index contributed by atoms with van der Waals surface area (Å²) in [6, 6.07) is 11.9. The number of hydrogen-bond acceptors (Lipinski definition) is 4. The fourth-order valence-electron chi connectivity index (χ4n) is 3.41. The van der Waals surface area contributed by atoms with Crippen LogP contribution in [0.5, 0.6) is 5.75 Å². The van der Waals surface area contributed by atoms with Gasteiger partial charge in [0.25, 0.3) is 0 Å². The van der Waals surface area contributed by atoms with Crippen molar-refractivity contribution in [2.45, 2.75) is 25.8 Å². The van der Waals surface area contributed by atoms with Gasteiger partial charge in [0.05, 0.1) is 19.6 Å². The molecule has 1 N–H and O–H groups in total. The van der Waals surface area contributed by atoms with Crippen molar-refractivity contribution in [2.75, 3.05) is 12.4 Å². The van der Waals surface area contributed by atoms with Crippen LogP contribution < -0.4 is 10.1 Å². The molecule has 0 aliphatic carbocycles. The van der Waals surface area contributed by atoms with E-state index in [-0.39, 0.29) is 24.1 Å². The predicted molar refractivity (Wildman–Crippen MR) is 98.3 cm³/mol. The van der Waals surface area contributed by atoms with Gasteiger partial charge in [0, 0.05) is 12.1 Å². The fraction of sp³-hybridized carbons (Fsp3) is 0.250. The Bertz CT molecular complexity index is 998. The van der Waals surface area contributed by atoms with Gasteiger partial charge in [-0.1, -0.05) is 12.1 Å². The number of anilines is 1. The summed E-state index contributed by atoms with van der Waals surface area (Å²) in [6.45, 7) is 2.27. The minimum absolute atomic E-state index is 0.0633. The molecule has 1 aliphatic rings. The Hall–Kier alpha value is -3.22. The third-order valence-corrected chi connectivity index (χ3v) is 4.66. The van der Waals surface area contributed by atoms with Crippen LogP contribution in [-0.4, -0.2) is 27.8 Å². The van der Waals surface area contributed by atoms with Crippen LogP contribution >= 0.6 is 0 Å². The van der Waals surface area contributed by atoms with Crippen LogP contribution in [0.1, 0.15) is 35.1 Å². The maximum Gasteiger partial charge on any atom is 0.225 e. The van der Waals surface area contributed by atoms with Gasteiger partial charge in [-0.2, -0.15) is 5.10 Å². The maximum absolute atomic E-state index is 13.2. The minimum Gasteiger partial charge on any atom is -0.497 e. The molecule has 2 aromatic carbocycles. The lowest BCUT2D eigenvalue weighted by Gasteiger charge is -2.25. The molecule has 27 heavy (non-hydrogen) atoms. The van der Waals surface area contributed by atoms with E-state index in [2.05, 4.69) is 15.4 Å². The molecule has 0 fully saturated rings. The third kappa shape index (κ3) is 3.40.